The Labute approximate surface area is 109 Å². The normalized spacial score (nSPS) is 36.4. The molecule has 0 aromatic rings. The van der Waals surface area contributed by atoms with Crippen LogP contribution in [0.4, 0.5) is 0 Å². The Balaban J connectivity index is 1.38. The zero-order valence-electron chi connectivity index (χ0n) is 10.9. The van der Waals surface area contributed by atoms with Gasteiger partial charge in [-0.2, -0.15) is 0 Å². The minimum Gasteiger partial charge on any atom is -0.391 e. The average molecular weight is 252 g/mol. The van der Waals surface area contributed by atoms with Crippen molar-refractivity contribution in [3.63, 3.8) is 0 Å². The summed E-state index contributed by atoms with van der Waals surface area (Å²) in [6.07, 6.45) is 7.42. The van der Waals surface area contributed by atoms with Gasteiger partial charge in [0, 0.05) is 25.0 Å². The number of hydrogen-bond donors (Lipinski definition) is 3. The van der Waals surface area contributed by atoms with Gasteiger partial charge in [-0.15, -0.1) is 0 Å². The van der Waals surface area contributed by atoms with Crippen LogP contribution in [0.1, 0.15) is 44.9 Å². The van der Waals surface area contributed by atoms with Crippen molar-refractivity contribution in [2.24, 2.45) is 11.8 Å². The van der Waals surface area contributed by atoms with E-state index in [1.807, 2.05) is 0 Å². The zero-order valence-corrected chi connectivity index (χ0v) is 10.9. The minimum atomic E-state index is -0.321. The lowest BCUT2D eigenvalue weighted by Gasteiger charge is -2.28. The fourth-order valence-electron chi connectivity index (χ4n) is 3.54. The molecule has 18 heavy (non-hydrogen) atoms. The quantitative estimate of drug-likeness (QED) is 0.678. The number of rotatable bonds is 5. The van der Waals surface area contributed by atoms with Crippen molar-refractivity contribution < 1.29 is 9.90 Å². The molecule has 0 radical (unpaired) electrons. The number of hydrogen-bond acceptors (Lipinski definition) is 3. The Bertz CT molecular complexity index is 305. The second-order valence-corrected chi connectivity index (χ2v) is 6.39. The molecular formula is C14H24N2O2. The number of amides is 1. The second-order valence-electron chi connectivity index (χ2n) is 6.39. The molecule has 2 bridgehead atoms. The summed E-state index contributed by atoms with van der Waals surface area (Å²) in [5, 5.41) is 16.2. The molecular weight excluding hydrogens is 228 g/mol. The summed E-state index contributed by atoms with van der Waals surface area (Å²) in [6, 6.07) is 1.30. The first-order valence-electron chi connectivity index (χ1n) is 7.41. The van der Waals surface area contributed by atoms with Crippen LogP contribution < -0.4 is 10.6 Å². The monoisotopic (exact) mass is 252 g/mol. The van der Waals surface area contributed by atoms with Crippen molar-refractivity contribution in [2.45, 2.75) is 63.1 Å². The van der Waals surface area contributed by atoms with Gasteiger partial charge >= 0.3 is 0 Å². The molecule has 3 unspecified atom stereocenters. The van der Waals surface area contributed by atoms with Crippen LogP contribution in [-0.2, 0) is 4.79 Å². The number of carbonyl (C=O) groups excluding carboxylic acids is 1. The predicted molar refractivity (Wildman–Crippen MR) is 69.0 cm³/mol. The minimum absolute atomic E-state index is 0.126. The van der Waals surface area contributed by atoms with Crippen molar-refractivity contribution in [3.05, 3.63) is 0 Å². The molecule has 4 nitrogen and oxygen atoms in total. The molecule has 1 amide bonds. The van der Waals surface area contributed by atoms with E-state index >= 15 is 0 Å². The van der Waals surface area contributed by atoms with Gasteiger partial charge in [-0.3, -0.25) is 4.79 Å². The topological polar surface area (TPSA) is 61.4 Å². The predicted octanol–water partition coefficient (Wildman–Crippen LogP) is 0.794. The van der Waals surface area contributed by atoms with E-state index < -0.39 is 0 Å². The highest BCUT2D eigenvalue weighted by Crippen LogP contribution is 2.33. The lowest BCUT2D eigenvalue weighted by molar-refractivity contribution is -0.122. The summed E-state index contributed by atoms with van der Waals surface area (Å²) in [5.74, 6) is 1.11. The van der Waals surface area contributed by atoms with Gasteiger partial charge in [0.15, 0.2) is 0 Å². The fourth-order valence-corrected chi connectivity index (χ4v) is 3.54. The summed E-state index contributed by atoms with van der Waals surface area (Å²) in [6.45, 7) is 0.446. The molecule has 102 valence electrons. The van der Waals surface area contributed by atoms with E-state index in [2.05, 4.69) is 10.6 Å². The third-order valence-electron chi connectivity index (χ3n) is 4.72. The van der Waals surface area contributed by atoms with Crippen LogP contribution in [0.5, 0.6) is 0 Å². The van der Waals surface area contributed by atoms with E-state index in [9.17, 15) is 9.90 Å². The Hall–Kier alpha value is -0.610. The molecule has 0 aromatic heterocycles. The van der Waals surface area contributed by atoms with Crippen LogP contribution >= 0.6 is 0 Å². The van der Waals surface area contributed by atoms with Crippen molar-refractivity contribution in [2.75, 3.05) is 6.54 Å². The molecule has 1 saturated carbocycles. The highest BCUT2D eigenvalue weighted by molar-refractivity contribution is 5.76. The highest BCUT2D eigenvalue weighted by atomic mass is 16.3. The maximum Gasteiger partial charge on any atom is 0.220 e. The maximum atomic E-state index is 11.8. The molecule has 2 heterocycles. The first-order valence-corrected chi connectivity index (χ1v) is 7.41. The highest BCUT2D eigenvalue weighted by Gasteiger charge is 2.34. The van der Waals surface area contributed by atoms with Gasteiger partial charge in [0.25, 0.3) is 0 Å². The van der Waals surface area contributed by atoms with Crippen LogP contribution in [0.2, 0.25) is 0 Å². The van der Waals surface area contributed by atoms with E-state index in [1.54, 1.807) is 0 Å². The molecule has 3 fully saturated rings. The number of aliphatic hydroxyl groups excluding tert-OH is 1. The van der Waals surface area contributed by atoms with Crippen LogP contribution in [0.3, 0.4) is 0 Å². The van der Waals surface area contributed by atoms with Crippen molar-refractivity contribution in [1.82, 2.24) is 10.6 Å². The molecule has 2 aliphatic heterocycles. The lowest BCUT2D eigenvalue weighted by atomic mass is 9.89. The van der Waals surface area contributed by atoms with Crippen LogP contribution in [-0.4, -0.2) is 35.7 Å². The summed E-state index contributed by atoms with van der Waals surface area (Å²) in [5.41, 5.74) is 0. The molecule has 0 aromatic carbocycles. The van der Waals surface area contributed by atoms with Gasteiger partial charge in [0.2, 0.25) is 5.91 Å². The molecule has 3 rings (SSSR count). The Morgan fingerprint density at radius 3 is 2.50 bits per heavy atom. The Morgan fingerprint density at radius 2 is 1.89 bits per heavy atom. The molecule has 4 heteroatoms. The van der Waals surface area contributed by atoms with E-state index in [4.69, 9.17) is 0 Å². The number of carbonyl (C=O) groups is 1. The van der Waals surface area contributed by atoms with Gasteiger partial charge < -0.3 is 15.7 Å². The summed E-state index contributed by atoms with van der Waals surface area (Å²) < 4.78 is 0. The van der Waals surface area contributed by atoms with Crippen LogP contribution in [0, 0.1) is 11.8 Å². The first kappa shape index (κ1) is 12.4. The maximum absolute atomic E-state index is 11.8. The van der Waals surface area contributed by atoms with Gasteiger partial charge in [-0.1, -0.05) is 0 Å². The largest absolute Gasteiger partial charge is 0.391 e. The first-order chi connectivity index (χ1) is 8.70. The van der Waals surface area contributed by atoms with Gasteiger partial charge in [0.05, 0.1) is 6.10 Å². The lowest BCUT2D eigenvalue weighted by Crippen LogP contribution is -2.40. The van der Waals surface area contributed by atoms with Crippen LogP contribution in [0.15, 0.2) is 0 Å². The molecule has 2 saturated heterocycles. The third-order valence-corrected chi connectivity index (χ3v) is 4.72. The SMILES string of the molecule is O=C(CC1CC2CCC(C1)N2)NCC(O)C1CC1. The molecule has 1 aliphatic carbocycles. The van der Waals surface area contributed by atoms with Gasteiger partial charge in [-0.05, 0) is 50.4 Å². The van der Waals surface area contributed by atoms with E-state index in [0.29, 0.717) is 36.9 Å². The van der Waals surface area contributed by atoms with Gasteiger partial charge in [-0.25, -0.2) is 0 Å². The summed E-state index contributed by atoms with van der Waals surface area (Å²) in [4.78, 5) is 11.8. The Morgan fingerprint density at radius 1 is 1.22 bits per heavy atom. The number of piperidine rings is 1. The number of nitrogens with one attached hydrogen (secondary N) is 2. The van der Waals surface area contributed by atoms with Crippen molar-refractivity contribution >= 4 is 5.91 Å². The smallest absolute Gasteiger partial charge is 0.220 e. The summed E-state index contributed by atoms with van der Waals surface area (Å²) in [7, 11) is 0. The number of aliphatic hydroxyl groups is 1. The molecule has 3 aliphatic rings. The molecule has 3 atom stereocenters. The van der Waals surface area contributed by atoms with E-state index in [0.717, 1.165) is 25.7 Å². The van der Waals surface area contributed by atoms with Gasteiger partial charge in [0.1, 0.15) is 0 Å². The number of fused-ring (bicyclic) bond motifs is 2. The molecule has 3 N–H and O–H groups in total. The average Bonchev–Trinajstić information content (AvgIpc) is 3.13. The van der Waals surface area contributed by atoms with Crippen LogP contribution in [0.25, 0.3) is 0 Å². The van der Waals surface area contributed by atoms with E-state index in [-0.39, 0.29) is 12.0 Å². The van der Waals surface area contributed by atoms with Crippen molar-refractivity contribution in [3.8, 4) is 0 Å². The second kappa shape index (κ2) is 5.17. The van der Waals surface area contributed by atoms with Crippen molar-refractivity contribution in [1.29, 1.82) is 0 Å². The third kappa shape index (κ3) is 3.04. The Kier molecular flexibility index (Phi) is 3.57. The zero-order chi connectivity index (χ0) is 12.5. The van der Waals surface area contributed by atoms with E-state index in [1.165, 1.54) is 12.8 Å². The summed E-state index contributed by atoms with van der Waals surface area (Å²) >= 11 is 0. The fraction of sp³-hybridized carbons (Fsp3) is 0.929. The molecule has 0 spiro atoms. The standard InChI is InChI=1S/C14H24N2O2/c17-13(10-1-2-10)8-15-14(18)7-9-5-11-3-4-12(6-9)16-11/h9-13,16-17H,1-8H2,(H,15,18).